The third-order valence-corrected chi connectivity index (χ3v) is 4.73. The number of ether oxygens (including phenoxy) is 2. The van der Waals surface area contributed by atoms with Gasteiger partial charge in [-0.25, -0.2) is 4.98 Å². The number of likely N-dealkylation sites (tertiary alicyclic amines) is 1. The van der Waals surface area contributed by atoms with E-state index in [2.05, 4.69) is 9.55 Å². The smallest absolute Gasteiger partial charge is 0.254 e. The summed E-state index contributed by atoms with van der Waals surface area (Å²) in [6.07, 6.45) is 4.09. The molecule has 2 aliphatic rings. The largest absolute Gasteiger partial charge is 0.454 e. The average Bonchev–Trinajstić information content (AvgIpc) is 3.19. The molecule has 0 radical (unpaired) electrons. The van der Waals surface area contributed by atoms with Gasteiger partial charge < -0.3 is 18.9 Å². The fourth-order valence-electron chi connectivity index (χ4n) is 3.60. The van der Waals surface area contributed by atoms with Gasteiger partial charge in [-0.15, -0.1) is 0 Å². The quantitative estimate of drug-likeness (QED) is 0.850. The molecule has 4 rings (SSSR count). The Balaban J connectivity index is 1.53. The maximum atomic E-state index is 12.9. The maximum Gasteiger partial charge on any atom is 0.254 e. The molecule has 1 aromatic carbocycles. The molecule has 0 N–H and O–H groups in total. The van der Waals surface area contributed by atoms with Crippen LogP contribution < -0.4 is 9.47 Å². The van der Waals surface area contributed by atoms with Crippen LogP contribution in [0.4, 0.5) is 0 Å². The first-order valence-electron chi connectivity index (χ1n) is 8.30. The standard InChI is InChI=1S/C18H21N3O3/c1-12-9-20(2)17(19-12)14-4-3-7-21(10-14)18(22)13-5-6-15-16(8-13)24-11-23-15/h5-6,8-9,14H,3-4,7,10-11H2,1-2H3. The van der Waals surface area contributed by atoms with Gasteiger partial charge >= 0.3 is 0 Å². The van der Waals surface area contributed by atoms with Gasteiger partial charge in [-0.1, -0.05) is 0 Å². The maximum absolute atomic E-state index is 12.9. The minimum Gasteiger partial charge on any atom is -0.454 e. The summed E-state index contributed by atoms with van der Waals surface area (Å²) in [5.41, 5.74) is 1.67. The Bertz CT molecular complexity index is 784. The highest BCUT2D eigenvalue weighted by atomic mass is 16.7. The van der Waals surface area contributed by atoms with Gasteiger partial charge in [0.1, 0.15) is 5.82 Å². The van der Waals surface area contributed by atoms with E-state index in [0.717, 1.165) is 30.9 Å². The van der Waals surface area contributed by atoms with Crippen LogP contribution in [0.5, 0.6) is 11.5 Å². The second kappa shape index (κ2) is 5.85. The molecule has 1 amide bonds. The van der Waals surface area contributed by atoms with Crippen LogP contribution >= 0.6 is 0 Å². The Labute approximate surface area is 141 Å². The fourth-order valence-corrected chi connectivity index (χ4v) is 3.60. The fraction of sp³-hybridized carbons (Fsp3) is 0.444. The Kier molecular flexibility index (Phi) is 3.67. The first-order valence-corrected chi connectivity index (χ1v) is 8.30. The van der Waals surface area contributed by atoms with Gasteiger partial charge in [0.15, 0.2) is 11.5 Å². The summed E-state index contributed by atoms with van der Waals surface area (Å²) in [5, 5.41) is 0. The van der Waals surface area contributed by atoms with E-state index < -0.39 is 0 Å². The monoisotopic (exact) mass is 327 g/mol. The number of aromatic nitrogens is 2. The van der Waals surface area contributed by atoms with Crippen molar-refractivity contribution in [3.05, 3.63) is 41.5 Å². The van der Waals surface area contributed by atoms with E-state index in [0.29, 0.717) is 23.6 Å². The lowest BCUT2D eigenvalue weighted by Gasteiger charge is -2.32. The minimum atomic E-state index is 0.0453. The van der Waals surface area contributed by atoms with Crippen LogP contribution in [0, 0.1) is 6.92 Å². The molecule has 126 valence electrons. The van der Waals surface area contributed by atoms with Crippen LogP contribution in [0.25, 0.3) is 0 Å². The Morgan fingerprint density at radius 1 is 1.29 bits per heavy atom. The predicted molar refractivity (Wildman–Crippen MR) is 88.4 cm³/mol. The first-order chi connectivity index (χ1) is 11.6. The molecule has 2 aliphatic heterocycles. The number of fused-ring (bicyclic) bond motifs is 1. The van der Waals surface area contributed by atoms with Crippen molar-refractivity contribution >= 4 is 5.91 Å². The third kappa shape index (κ3) is 2.62. The Hall–Kier alpha value is -2.50. The van der Waals surface area contributed by atoms with Crippen molar-refractivity contribution < 1.29 is 14.3 Å². The summed E-state index contributed by atoms with van der Waals surface area (Å²) in [6, 6.07) is 5.39. The van der Waals surface area contributed by atoms with E-state index in [1.165, 1.54) is 0 Å². The normalized spacial score (nSPS) is 19.6. The molecule has 1 saturated heterocycles. The third-order valence-electron chi connectivity index (χ3n) is 4.73. The van der Waals surface area contributed by atoms with Gasteiger partial charge in [-0.2, -0.15) is 0 Å². The number of rotatable bonds is 2. The van der Waals surface area contributed by atoms with Crippen LogP contribution in [0.15, 0.2) is 24.4 Å². The Morgan fingerprint density at radius 3 is 2.92 bits per heavy atom. The summed E-state index contributed by atoms with van der Waals surface area (Å²) in [4.78, 5) is 19.4. The lowest BCUT2D eigenvalue weighted by Crippen LogP contribution is -2.39. The number of imidazole rings is 1. The molecule has 0 spiro atoms. The molecule has 0 bridgehead atoms. The van der Waals surface area contributed by atoms with E-state index in [4.69, 9.17) is 9.47 Å². The van der Waals surface area contributed by atoms with Crippen molar-refractivity contribution in [1.29, 1.82) is 0 Å². The van der Waals surface area contributed by atoms with E-state index in [-0.39, 0.29) is 18.6 Å². The second-order valence-corrected chi connectivity index (χ2v) is 6.51. The Morgan fingerprint density at radius 2 is 2.12 bits per heavy atom. The van der Waals surface area contributed by atoms with Crippen molar-refractivity contribution in [2.75, 3.05) is 19.9 Å². The van der Waals surface area contributed by atoms with Crippen molar-refractivity contribution in [1.82, 2.24) is 14.5 Å². The molecule has 1 fully saturated rings. The van der Waals surface area contributed by atoms with E-state index in [9.17, 15) is 4.79 Å². The van der Waals surface area contributed by atoms with Crippen LogP contribution in [0.1, 0.15) is 40.6 Å². The van der Waals surface area contributed by atoms with Gasteiger partial charge in [0, 0.05) is 37.8 Å². The zero-order valence-corrected chi connectivity index (χ0v) is 14.0. The molecular weight excluding hydrogens is 306 g/mol. The summed E-state index contributed by atoms with van der Waals surface area (Å²) >= 11 is 0. The number of carbonyl (C=O) groups excluding carboxylic acids is 1. The summed E-state index contributed by atoms with van der Waals surface area (Å²) < 4.78 is 12.8. The van der Waals surface area contributed by atoms with Gasteiger partial charge in [0.25, 0.3) is 5.91 Å². The predicted octanol–water partition coefficient (Wildman–Crippen LogP) is 2.48. The van der Waals surface area contributed by atoms with E-state index >= 15 is 0 Å². The topological polar surface area (TPSA) is 56.6 Å². The van der Waals surface area contributed by atoms with E-state index in [1.54, 1.807) is 12.1 Å². The lowest BCUT2D eigenvalue weighted by atomic mass is 9.96. The number of hydrogen-bond acceptors (Lipinski definition) is 4. The first kappa shape index (κ1) is 15.1. The number of amides is 1. The molecule has 6 nitrogen and oxygen atoms in total. The number of piperidine rings is 1. The molecular formula is C18H21N3O3. The summed E-state index contributed by atoms with van der Waals surface area (Å²) in [6.45, 7) is 3.71. The van der Waals surface area contributed by atoms with Crippen molar-refractivity contribution in [3.8, 4) is 11.5 Å². The second-order valence-electron chi connectivity index (χ2n) is 6.51. The van der Waals surface area contributed by atoms with Crippen LogP contribution in [-0.4, -0.2) is 40.2 Å². The van der Waals surface area contributed by atoms with Gasteiger partial charge in [-0.05, 0) is 38.0 Å². The number of hydrogen-bond donors (Lipinski definition) is 0. The van der Waals surface area contributed by atoms with Crippen LogP contribution in [-0.2, 0) is 7.05 Å². The highest BCUT2D eigenvalue weighted by Crippen LogP contribution is 2.33. The molecule has 1 unspecified atom stereocenters. The molecule has 0 aliphatic carbocycles. The molecule has 0 saturated carbocycles. The lowest BCUT2D eigenvalue weighted by molar-refractivity contribution is 0.0703. The summed E-state index contributed by atoms with van der Waals surface area (Å²) in [7, 11) is 2.02. The highest BCUT2D eigenvalue weighted by molar-refractivity contribution is 5.95. The molecule has 1 aromatic heterocycles. The molecule has 6 heteroatoms. The molecule has 24 heavy (non-hydrogen) atoms. The average molecular weight is 327 g/mol. The number of carbonyl (C=O) groups is 1. The van der Waals surface area contributed by atoms with Gasteiger partial charge in [0.2, 0.25) is 6.79 Å². The number of nitrogens with zero attached hydrogens (tertiary/aromatic N) is 3. The van der Waals surface area contributed by atoms with E-state index in [1.807, 2.05) is 31.1 Å². The zero-order valence-electron chi connectivity index (χ0n) is 14.0. The van der Waals surface area contributed by atoms with Crippen LogP contribution in [0.3, 0.4) is 0 Å². The minimum absolute atomic E-state index is 0.0453. The molecule has 3 heterocycles. The molecule has 2 aromatic rings. The number of benzene rings is 1. The molecule has 1 atom stereocenters. The zero-order chi connectivity index (χ0) is 16.7. The van der Waals surface area contributed by atoms with Gasteiger partial charge in [-0.3, -0.25) is 4.79 Å². The van der Waals surface area contributed by atoms with Crippen molar-refractivity contribution in [2.24, 2.45) is 7.05 Å². The van der Waals surface area contributed by atoms with Gasteiger partial charge in [0.05, 0.1) is 5.69 Å². The summed E-state index contributed by atoms with van der Waals surface area (Å²) in [5.74, 6) is 2.75. The highest BCUT2D eigenvalue weighted by Gasteiger charge is 2.28. The van der Waals surface area contributed by atoms with Crippen molar-refractivity contribution in [3.63, 3.8) is 0 Å². The van der Waals surface area contributed by atoms with Crippen LogP contribution in [0.2, 0.25) is 0 Å². The number of aryl methyl sites for hydroxylation is 2. The SMILES string of the molecule is Cc1cn(C)c(C2CCCN(C(=O)c3ccc4c(c3)OCO4)C2)n1. The van der Waals surface area contributed by atoms with Crippen molar-refractivity contribution in [2.45, 2.75) is 25.7 Å².